The van der Waals surface area contributed by atoms with Crippen molar-refractivity contribution in [2.24, 2.45) is 0 Å². The third kappa shape index (κ3) is 2.79. The van der Waals surface area contributed by atoms with E-state index in [0.717, 1.165) is 11.3 Å². The van der Waals surface area contributed by atoms with Gasteiger partial charge in [0, 0.05) is 18.1 Å². The van der Waals surface area contributed by atoms with Gasteiger partial charge in [-0.1, -0.05) is 11.6 Å². The molecule has 0 atom stereocenters. The van der Waals surface area contributed by atoms with E-state index in [-0.39, 0.29) is 0 Å². The summed E-state index contributed by atoms with van der Waals surface area (Å²) >= 11 is 7.24. The minimum absolute atomic E-state index is 0.554. The number of carboxylic acid groups (broad SMARTS) is 1. The molecule has 1 N–H and O–H groups in total. The molecule has 4 nitrogen and oxygen atoms in total. The predicted molar refractivity (Wildman–Crippen MR) is 73.2 cm³/mol. The molecule has 2 aromatic heterocycles. The monoisotopic (exact) mass is 284 g/mol. The molecule has 18 heavy (non-hydrogen) atoms. The van der Waals surface area contributed by atoms with Crippen LogP contribution in [0.15, 0.2) is 24.5 Å². The first-order valence-corrected chi connectivity index (χ1v) is 6.75. The largest absolute Gasteiger partial charge is 0.480 e. The van der Waals surface area contributed by atoms with Gasteiger partial charge >= 0.3 is 5.97 Å². The third-order valence-corrected chi connectivity index (χ3v) is 4.12. The first-order valence-electron chi connectivity index (χ1n) is 5.39. The maximum atomic E-state index is 11.0. The Bertz CT molecular complexity index is 595. The molecule has 0 fully saturated rings. The van der Waals surface area contributed by atoms with Gasteiger partial charge in [0.05, 0.1) is 10.7 Å². The van der Waals surface area contributed by atoms with Gasteiger partial charge in [0.15, 0.2) is 0 Å². The first kappa shape index (κ1) is 13.2. The van der Waals surface area contributed by atoms with Crippen LogP contribution in [0.25, 0.3) is 5.65 Å². The van der Waals surface area contributed by atoms with E-state index in [1.165, 1.54) is 11.8 Å². The topological polar surface area (TPSA) is 54.6 Å². The molecule has 0 aliphatic rings. The highest BCUT2D eigenvalue weighted by molar-refractivity contribution is 8.00. The average molecular weight is 285 g/mol. The van der Waals surface area contributed by atoms with E-state index in [0.29, 0.717) is 10.8 Å². The number of nitrogens with zero attached hydrogens (tertiary/aromatic N) is 2. The van der Waals surface area contributed by atoms with E-state index in [2.05, 4.69) is 4.98 Å². The molecule has 0 saturated heterocycles. The van der Waals surface area contributed by atoms with Crippen molar-refractivity contribution >= 4 is 35.0 Å². The van der Waals surface area contributed by atoms with Crippen LogP contribution in [0.2, 0.25) is 5.02 Å². The summed E-state index contributed by atoms with van der Waals surface area (Å²) in [6.45, 7) is 3.37. The van der Waals surface area contributed by atoms with Gasteiger partial charge in [-0.3, -0.25) is 4.79 Å². The molecule has 0 unspecified atom stereocenters. The number of hydrogen-bond donors (Lipinski definition) is 1. The van der Waals surface area contributed by atoms with Crippen LogP contribution in [0, 0.1) is 0 Å². The van der Waals surface area contributed by atoms with E-state index in [9.17, 15) is 4.79 Å². The molecule has 6 heteroatoms. The number of carboxylic acids is 1. The Balaban J connectivity index is 2.15. The lowest BCUT2D eigenvalue weighted by molar-refractivity contribution is -0.138. The van der Waals surface area contributed by atoms with Crippen molar-refractivity contribution in [2.45, 2.75) is 24.3 Å². The van der Waals surface area contributed by atoms with Crippen LogP contribution in [-0.4, -0.2) is 25.2 Å². The second-order valence-electron chi connectivity index (χ2n) is 4.45. The summed E-state index contributed by atoms with van der Waals surface area (Å²) in [7, 11) is 0. The van der Waals surface area contributed by atoms with Crippen molar-refractivity contribution in [3.05, 3.63) is 35.2 Å². The summed E-state index contributed by atoms with van der Waals surface area (Å²) in [4.78, 5) is 15.4. The molecule has 0 aliphatic heterocycles. The summed E-state index contributed by atoms with van der Waals surface area (Å²) in [6, 6.07) is 3.61. The Morgan fingerprint density at radius 3 is 2.89 bits per heavy atom. The van der Waals surface area contributed by atoms with Crippen molar-refractivity contribution in [1.29, 1.82) is 0 Å². The normalized spacial score (nSPS) is 11.9. The van der Waals surface area contributed by atoms with E-state index >= 15 is 0 Å². The smallest absolute Gasteiger partial charge is 0.319 e. The highest BCUT2D eigenvalue weighted by Gasteiger charge is 2.27. The molecule has 0 aliphatic carbocycles. The fourth-order valence-corrected chi connectivity index (χ4v) is 2.34. The van der Waals surface area contributed by atoms with Crippen LogP contribution >= 0.6 is 23.4 Å². The Morgan fingerprint density at radius 1 is 1.50 bits per heavy atom. The van der Waals surface area contributed by atoms with E-state index in [4.69, 9.17) is 16.7 Å². The number of halogens is 1. The zero-order valence-corrected chi connectivity index (χ0v) is 11.6. The van der Waals surface area contributed by atoms with Gasteiger partial charge in [-0.2, -0.15) is 0 Å². The molecule has 2 rings (SSSR count). The van der Waals surface area contributed by atoms with Gasteiger partial charge in [-0.25, -0.2) is 4.98 Å². The van der Waals surface area contributed by atoms with Crippen molar-refractivity contribution in [2.75, 3.05) is 0 Å². The summed E-state index contributed by atoms with van der Waals surface area (Å²) in [6.07, 6.45) is 3.65. The maximum absolute atomic E-state index is 11.0. The van der Waals surface area contributed by atoms with Crippen LogP contribution < -0.4 is 0 Å². The number of imidazole rings is 1. The number of hydrogen-bond acceptors (Lipinski definition) is 3. The number of fused-ring (bicyclic) bond motifs is 1. The quantitative estimate of drug-likeness (QED) is 0.937. The van der Waals surface area contributed by atoms with Crippen LogP contribution in [-0.2, 0) is 10.5 Å². The number of aliphatic carboxylic acids is 1. The highest BCUT2D eigenvalue weighted by atomic mass is 35.5. The molecule has 0 aromatic carbocycles. The fourth-order valence-electron chi connectivity index (χ4n) is 1.40. The van der Waals surface area contributed by atoms with Crippen LogP contribution in [0.4, 0.5) is 0 Å². The summed E-state index contributed by atoms with van der Waals surface area (Å²) < 4.78 is 1.03. The number of carbonyl (C=O) groups is 1. The lowest BCUT2D eigenvalue weighted by Gasteiger charge is -2.17. The Hall–Kier alpha value is -1.20. The minimum Gasteiger partial charge on any atom is -0.480 e. The van der Waals surface area contributed by atoms with Crippen LogP contribution in [0.1, 0.15) is 19.5 Å². The van der Waals surface area contributed by atoms with Gasteiger partial charge < -0.3 is 9.51 Å². The second kappa shape index (κ2) is 4.82. The predicted octanol–water partition coefficient (Wildman–Crippen LogP) is 3.08. The maximum Gasteiger partial charge on any atom is 0.319 e. The number of thioether (sulfide) groups is 1. The molecule has 0 amide bonds. The minimum atomic E-state index is -0.820. The second-order valence-corrected chi connectivity index (χ2v) is 6.48. The molecule has 0 bridgehead atoms. The standard InChI is InChI=1S/C12H13ClN2O2S/c1-12(2,11(16)17)18-7-9-6-15-5-8(13)3-4-10(15)14-9/h3-6H,7H2,1-2H3,(H,16,17). The Morgan fingerprint density at radius 2 is 2.22 bits per heavy atom. The molecule has 2 heterocycles. The molecular formula is C12H13ClN2O2S. The zero-order valence-electron chi connectivity index (χ0n) is 10.1. The summed E-state index contributed by atoms with van der Waals surface area (Å²) in [5, 5.41) is 9.68. The summed E-state index contributed by atoms with van der Waals surface area (Å²) in [5.74, 6) is -0.266. The molecule has 0 spiro atoms. The van der Waals surface area contributed by atoms with E-state index < -0.39 is 10.7 Å². The Kier molecular flexibility index (Phi) is 3.54. The van der Waals surface area contributed by atoms with Crippen LogP contribution in [0.3, 0.4) is 0 Å². The first-order chi connectivity index (χ1) is 8.38. The number of rotatable bonds is 4. The average Bonchev–Trinajstić information content (AvgIpc) is 2.68. The Labute approximate surface area is 114 Å². The summed E-state index contributed by atoms with van der Waals surface area (Å²) in [5.41, 5.74) is 1.65. The van der Waals surface area contributed by atoms with Crippen molar-refractivity contribution in [3.8, 4) is 0 Å². The molecule has 96 valence electrons. The highest BCUT2D eigenvalue weighted by Crippen LogP contribution is 2.28. The number of pyridine rings is 1. The zero-order chi connectivity index (χ0) is 13.3. The molecule has 2 aromatic rings. The molecule has 0 radical (unpaired) electrons. The molecular weight excluding hydrogens is 272 g/mol. The number of aromatic nitrogens is 2. The van der Waals surface area contributed by atoms with E-state index in [1.807, 2.05) is 16.7 Å². The third-order valence-electron chi connectivity index (χ3n) is 2.56. The van der Waals surface area contributed by atoms with Gasteiger partial charge in [-0.15, -0.1) is 11.8 Å². The van der Waals surface area contributed by atoms with E-state index in [1.54, 1.807) is 26.1 Å². The molecule has 0 saturated carbocycles. The van der Waals surface area contributed by atoms with Crippen molar-refractivity contribution in [3.63, 3.8) is 0 Å². The van der Waals surface area contributed by atoms with Gasteiger partial charge in [0.1, 0.15) is 10.4 Å². The van der Waals surface area contributed by atoms with Crippen molar-refractivity contribution < 1.29 is 9.90 Å². The van der Waals surface area contributed by atoms with Crippen LogP contribution in [0.5, 0.6) is 0 Å². The lowest BCUT2D eigenvalue weighted by Crippen LogP contribution is -2.27. The fraction of sp³-hybridized carbons (Fsp3) is 0.333. The lowest BCUT2D eigenvalue weighted by atomic mass is 10.2. The van der Waals surface area contributed by atoms with Gasteiger partial charge in [0.25, 0.3) is 0 Å². The van der Waals surface area contributed by atoms with Crippen molar-refractivity contribution in [1.82, 2.24) is 9.38 Å². The SMILES string of the molecule is CC(C)(SCc1cn2cc(Cl)ccc2n1)C(=O)O. The van der Waals surface area contributed by atoms with Gasteiger partial charge in [-0.05, 0) is 26.0 Å². The van der Waals surface area contributed by atoms with Gasteiger partial charge in [0.2, 0.25) is 0 Å².